The molecule has 134 valence electrons. The third-order valence-corrected chi connectivity index (χ3v) is 4.98. The zero-order chi connectivity index (χ0) is 17.7. The Hall–Kier alpha value is -1.14. The van der Waals surface area contributed by atoms with Gasteiger partial charge in [0.05, 0.1) is 19.7 Å². The Bertz CT molecular complexity index is 548. The van der Waals surface area contributed by atoms with Crippen LogP contribution in [0.5, 0.6) is 0 Å². The first-order chi connectivity index (χ1) is 11.4. The summed E-state index contributed by atoms with van der Waals surface area (Å²) in [7, 11) is 1.70. The van der Waals surface area contributed by atoms with Crippen LogP contribution in [-0.2, 0) is 16.1 Å². The van der Waals surface area contributed by atoms with Crippen LogP contribution < -0.4 is 11.1 Å². The smallest absolute Gasteiger partial charge is 0.225 e. The number of benzene rings is 1. The third kappa shape index (κ3) is 5.45. The molecule has 2 rings (SSSR count). The summed E-state index contributed by atoms with van der Waals surface area (Å²) in [4.78, 5) is 17.5. The van der Waals surface area contributed by atoms with Crippen molar-refractivity contribution >= 4 is 17.5 Å². The predicted molar refractivity (Wildman–Crippen MR) is 96.7 cm³/mol. The number of nitrogens with two attached hydrogens (primary N) is 1. The van der Waals surface area contributed by atoms with Crippen LogP contribution in [-0.4, -0.2) is 37.3 Å². The summed E-state index contributed by atoms with van der Waals surface area (Å²) in [5.41, 5.74) is 9.23. The number of nitrogens with zero attached hydrogens (tertiary/aromatic N) is 1. The molecule has 0 spiro atoms. The largest absolute Gasteiger partial charge is 0.341 e. The Kier molecular flexibility index (Phi) is 7.04. The second-order valence-electron chi connectivity index (χ2n) is 6.66. The quantitative estimate of drug-likeness (QED) is 0.771. The normalized spacial score (nSPS) is 17.7. The molecule has 1 atom stereocenters. The van der Waals surface area contributed by atoms with Gasteiger partial charge in [-0.15, -0.1) is 0 Å². The van der Waals surface area contributed by atoms with Gasteiger partial charge in [0.1, 0.15) is 0 Å². The lowest BCUT2D eigenvalue weighted by atomic mass is 9.93. The second-order valence-corrected chi connectivity index (χ2v) is 7.10. The minimum Gasteiger partial charge on any atom is -0.341 e. The van der Waals surface area contributed by atoms with Crippen LogP contribution in [0, 0.1) is 19.8 Å². The minimum absolute atomic E-state index is 0.0367. The first-order valence-corrected chi connectivity index (χ1v) is 8.86. The molecule has 1 heterocycles. The molecule has 1 unspecified atom stereocenters. The standard InChI is InChI=1S/C18H28ClN3O2/c1-12-8-15(19)9-13(2)16(12)11-18(23)21-17(20)10-14-4-6-22(24-3)7-5-14/h8-9,14,17H,4-7,10-11,20H2,1-3H3,(H,21,23). The number of aryl methyl sites for hydroxylation is 2. The monoisotopic (exact) mass is 353 g/mol. The van der Waals surface area contributed by atoms with Crippen molar-refractivity contribution in [1.29, 1.82) is 0 Å². The number of hydroxylamine groups is 2. The molecular weight excluding hydrogens is 326 g/mol. The highest BCUT2D eigenvalue weighted by atomic mass is 35.5. The van der Waals surface area contributed by atoms with Crippen LogP contribution in [0.2, 0.25) is 5.02 Å². The second kappa shape index (κ2) is 8.81. The molecular formula is C18H28ClN3O2. The van der Waals surface area contributed by atoms with E-state index in [1.807, 2.05) is 31.0 Å². The van der Waals surface area contributed by atoms with Gasteiger partial charge in [0.15, 0.2) is 0 Å². The molecule has 1 amide bonds. The van der Waals surface area contributed by atoms with Crippen molar-refractivity contribution in [3.05, 3.63) is 33.8 Å². The number of piperidine rings is 1. The SMILES string of the molecule is CON1CCC(CC(N)NC(=O)Cc2c(C)cc(Cl)cc2C)CC1. The van der Waals surface area contributed by atoms with Crippen molar-refractivity contribution in [3.63, 3.8) is 0 Å². The van der Waals surface area contributed by atoms with Crippen LogP contribution in [0.25, 0.3) is 0 Å². The van der Waals surface area contributed by atoms with Crippen molar-refractivity contribution in [1.82, 2.24) is 10.4 Å². The van der Waals surface area contributed by atoms with Gasteiger partial charge in [-0.05, 0) is 67.9 Å². The summed E-state index contributed by atoms with van der Waals surface area (Å²) >= 11 is 6.04. The number of halogens is 1. The highest BCUT2D eigenvalue weighted by Crippen LogP contribution is 2.22. The fourth-order valence-corrected chi connectivity index (χ4v) is 3.71. The summed E-state index contributed by atoms with van der Waals surface area (Å²) in [5.74, 6) is 0.496. The number of carbonyl (C=O) groups excluding carboxylic acids is 1. The molecule has 3 N–H and O–H groups in total. The van der Waals surface area contributed by atoms with Crippen molar-refractivity contribution in [2.24, 2.45) is 11.7 Å². The van der Waals surface area contributed by atoms with E-state index in [0.717, 1.165) is 49.0 Å². The lowest BCUT2D eigenvalue weighted by Gasteiger charge is -2.31. The Morgan fingerprint density at radius 1 is 1.38 bits per heavy atom. The van der Waals surface area contributed by atoms with Crippen molar-refractivity contribution in [3.8, 4) is 0 Å². The van der Waals surface area contributed by atoms with Crippen LogP contribution >= 0.6 is 11.6 Å². The molecule has 0 aliphatic carbocycles. The van der Waals surface area contributed by atoms with E-state index >= 15 is 0 Å². The fraction of sp³-hybridized carbons (Fsp3) is 0.611. The van der Waals surface area contributed by atoms with E-state index in [0.29, 0.717) is 17.4 Å². The molecule has 0 radical (unpaired) electrons. The number of hydrogen-bond acceptors (Lipinski definition) is 4. The lowest BCUT2D eigenvalue weighted by molar-refractivity contribution is -0.148. The number of nitrogens with one attached hydrogen (secondary N) is 1. The molecule has 6 heteroatoms. The molecule has 5 nitrogen and oxygen atoms in total. The van der Waals surface area contributed by atoms with E-state index < -0.39 is 0 Å². The van der Waals surface area contributed by atoms with E-state index in [1.54, 1.807) is 7.11 Å². The maximum atomic E-state index is 12.3. The van der Waals surface area contributed by atoms with Gasteiger partial charge in [0.25, 0.3) is 0 Å². The van der Waals surface area contributed by atoms with Gasteiger partial charge in [-0.2, -0.15) is 5.06 Å². The van der Waals surface area contributed by atoms with Crippen LogP contribution in [0.15, 0.2) is 12.1 Å². The Morgan fingerprint density at radius 2 is 1.96 bits per heavy atom. The average molecular weight is 354 g/mol. The molecule has 1 aliphatic heterocycles. The van der Waals surface area contributed by atoms with Gasteiger partial charge >= 0.3 is 0 Å². The summed E-state index contributed by atoms with van der Waals surface area (Å²) in [6, 6.07) is 3.78. The molecule has 1 aromatic rings. The molecule has 1 fully saturated rings. The van der Waals surface area contributed by atoms with Gasteiger partial charge in [-0.1, -0.05) is 11.6 Å². The molecule has 0 bridgehead atoms. The highest BCUT2D eigenvalue weighted by molar-refractivity contribution is 6.30. The van der Waals surface area contributed by atoms with Gasteiger partial charge in [0, 0.05) is 18.1 Å². The Labute approximate surface area is 149 Å². The number of amides is 1. The molecule has 1 aromatic carbocycles. The highest BCUT2D eigenvalue weighted by Gasteiger charge is 2.22. The summed E-state index contributed by atoms with van der Waals surface area (Å²) < 4.78 is 0. The van der Waals surface area contributed by atoms with E-state index in [9.17, 15) is 4.79 Å². The maximum absolute atomic E-state index is 12.3. The first kappa shape index (κ1) is 19.2. The summed E-state index contributed by atoms with van der Waals surface area (Å²) in [6.45, 7) is 5.80. The number of carbonyl (C=O) groups is 1. The fourth-order valence-electron chi connectivity index (χ4n) is 3.38. The summed E-state index contributed by atoms with van der Waals surface area (Å²) in [6.07, 6.45) is 2.94. The van der Waals surface area contributed by atoms with Gasteiger partial charge in [-0.3, -0.25) is 4.79 Å². The Balaban J connectivity index is 1.82. The molecule has 0 saturated carbocycles. The van der Waals surface area contributed by atoms with Crippen LogP contribution in [0.4, 0.5) is 0 Å². The average Bonchev–Trinajstić information content (AvgIpc) is 2.51. The molecule has 1 aliphatic rings. The van der Waals surface area contributed by atoms with Gasteiger partial charge in [-0.25, -0.2) is 0 Å². The summed E-state index contributed by atoms with van der Waals surface area (Å²) in [5, 5.41) is 5.60. The topological polar surface area (TPSA) is 67.6 Å². The van der Waals surface area contributed by atoms with Crippen molar-refractivity contribution in [2.45, 2.75) is 45.7 Å². The van der Waals surface area contributed by atoms with Crippen molar-refractivity contribution < 1.29 is 9.63 Å². The van der Waals surface area contributed by atoms with Gasteiger partial charge in [0.2, 0.25) is 5.91 Å². The van der Waals surface area contributed by atoms with E-state index in [4.69, 9.17) is 22.2 Å². The van der Waals surface area contributed by atoms with Crippen LogP contribution in [0.1, 0.15) is 36.0 Å². The third-order valence-electron chi connectivity index (χ3n) is 4.76. The lowest BCUT2D eigenvalue weighted by Crippen LogP contribution is -2.45. The van der Waals surface area contributed by atoms with E-state index in [2.05, 4.69) is 5.32 Å². The molecule has 24 heavy (non-hydrogen) atoms. The molecule has 0 aromatic heterocycles. The molecule has 1 saturated heterocycles. The predicted octanol–water partition coefficient (Wildman–Crippen LogP) is 2.56. The number of rotatable bonds is 6. The van der Waals surface area contributed by atoms with Crippen molar-refractivity contribution in [2.75, 3.05) is 20.2 Å². The maximum Gasteiger partial charge on any atom is 0.225 e. The van der Waals surface area contributed by atoms with E-state index in [-0.39, 0.29) is 12.1 Å². The van der Waals surface area contributed by atoms with Crippen LogP contribution in [0.3, 0.4) is 0 Å². The zero-order valence-electron chi connectivity index (χ0n) is 14.8. The van der Waals surface area contributed by atoms with Gasteiger partial charge < -0.3 is 15.9 Å². The number of hydrogen-bond donors (Lipinski definition) is 2. The van der Waals surface area contributed by atoms with E-state index in [1.165, 1.54) is 0 Å². The minimum atomic E-state index is -0.301. The first-order valence-electron chi connectivity index (χ1n) is 8.48. The zero-order valence-corrected chi connectivity index (χ0v) is 15.5. The Morgan fingerprint density at radius 3 is 2.50 bits per heavy atom.